The zero-order valence-corrected chi connectivity index (χ0v) is 13.7. The van der Waals surface area contributed by atoms with Crippen LogP contribution in [0.5, 0.6) is 0 Å². The second-order valence-corrected chi connectivity index (χ2v) is 6.09. The van der Waals surface area contributed by atoms with Gasteiger partial charge in [-0.15, -0.1) is 0 Å². The molecule has 1 saturated heterocycles. The zero-order chi connectivity index (χ0) is 17.1. The Morgan fingerprint density at radius 1 is 1.28 bits per heavy atom. The van der Waals surface area contributed by atoms with Crippen LogP contribution < -0.4 is 4.90 Å². The Labute approximate surface area is 145 Å². The SMILES string of the molecule is N#Cc1cccc(COC[C@H]2CCCN2c2ccnc3ncnn23)c1. The summed E-state index contributed by atoms with van der Waals surface area (Å²) in [5.41, 5.74) is 1.68. The number of rotatable bonds is 5. The summed E-state index contributed by atoms with van der Waals surface area (Å²) in [5.74, 6) is 1.61. The van der Waals surface area contributed by atoms with Gasteiger partial charge in [-0.1, -0.05) is 12.1 Å². The largest absolute Gasteiger partial charge is 0.375 e. The lowest BCUT2D eigenvalue weighted by Crippen LogP contribution is -2.34. The van der Waals surface area contributed by atoms with E-state index in [0.717, 1.165) is 30.8 Å². The Hall–Kier alpha value is -2.98. The van der Waals surface area contributed by atoms with Crippen molar-refractivity contribution in [3.8, 4) is 6.07 Å². The highest BCUT2D eigenvalue weighted by atomic mass is 16.5. The van der Waals surface area contributed by atoms with Crippen LogP contribution >= 0.6 is 0 Å². The summed E-state index contributed by atoms with van der Waals surface area (Å²) in [6.07, 6.45) is 5.49. The molecule has 0 amide bonds. The Morgan fingerprint density at radius 3 is 3.16 bits per heavy atom. The van der Waals surface area contributed by atoms with E-state index in [4.69, 9.17) is 10.00 Å². The molecule has 1 aliphatic rings. The summed E-state index contributed by atoms with van der Waals surface area (Å²) in [4.78, 5) is 10.7. The number of ether oxygens (including phenoxy) is 1. The molecule has 0 N–H and O–H groups in total. The molecule has 25 heavy (non-hydrogen) atoms. The second-order valence-electron chi connectivity index (χ2n) is 6.09. The van der Waals surface area contributed by atoms with Crippen molar-refractivity contribution in [1.82, 2.24) is 19.6 Å². The van der Waals surface area contributed by atoms with Crippen molar-refractivity contribution in [3.05, 3.63) is 54.0 Å². The number of benzene rings is 1. The number of nitriles is 1. The molecule has 0 radical (unpaired) electrons. The molecule has 1 atom stereocenters. The summed E-state index contributed by atoms with van der Waals surface area (Å²) in [5, 5.41) is 13.2. The van der Waals surface area contributed by atoms with E-state index in [2.05, 4.69) is 26.0 Å². The van der Waals surface area contributed by atoms with Crippen LogP contribution in [0.3, 0.4) is 0 Å². The lowest BCUT2D eigenvalue weighted by atomic mass is 10.1. The monoisotopic (exact) mass is 334 g/mol. The highest BCUT2D eigenvalue weighted by molar-refractivity contribution is 5.46. The van der Waals surface area contributed by atoms with Gasteiger partial charge in [0.15, 0.2) is 0 Å². The minimum absolute atomic E-state index is 0.300. The molecule has 1 aromatic carbocycles. The van der Waals surface area contributed by atoms with E-state index in [1.165, 1.54) is 6.33 Å². The lowest BCUT2D eigenvalue weighted by molar-refractivity contribution is 0.108. The van der Waals surface area contributed by atoms with E-state index in [-0.39, 0.29) is 0 Å². The quantitative estimate of drug-likeness (QED) is 0.711. The van der Waals surface area contributed by atoms with E-state index < -0.39 is 0 Å². The number of fused-ring (bicyclic) bond motifs is 1. The van der Waals surface area contributed by atoms with Crippen LogP contribution in [0, 0.1) is 11.3 Å². The van der Waals surface area contributed by atoms with E-state index in [0.29, 0.717) is 30.6 Å². The van der Waals surface area contributed by atoms with E-state index >= 15 is 0 Å². The van der Waals surface area contributed by atoms with Gasteiger partial charge in [0.25, 0.3) is 5.78 Å². The normalized spacial score (nSPS) is 17.1. The van der Waals surface area contributed by atoms with E-state index in [1.54, 1.807) is 16.8 Å². The Kier molecular flexibility index (Phi) is 4.27. The van der Waals surface area contributed by atoms with Crippen molar-refractivity contribution in [2.75, 3.05) is 18.1 Å². The minimum atomic E-state index is 0.300. The van der Waals surface area contributed by atoms with Crippen molar-refractivity contribution >= 4 is 11.6 Å². The molecule has 3 aromatic rings. The van der Waals surface area contributed by atoms with Gasteiger partial charge in [-0.05, 0) is 36.6 Å². The third kappa shape index (κ3) is 3.16. The first-order valence-electron chi connectivity index (χ1n) is 8.33. The van der Waals surface area contributed by atoms with Gasteiger partial charge < -0.3 is 9.64 Å². The van der Waals surface area contributed by atoms with Gasteiger partial charge in [0.05, 0.1) is 30.9 Å². The molecular formula is C18H18N6O. The molecule has 1 fully saturated rings. The standard InChI is InChI=1S/C18H18N6O/c19-10-14-3-1-4-15(9-14)11-25-12-16-5-2-8-23(16)17-6-7-20-18-21-13-22-24(17)18/h1,3-4,6-7,9,13,16H,2,5,8,11-12H2/t16-/m1/s1. The van der Waals surface area contributed by atoms with E-state index in [1.807, 2.05) is 24.3 Å². The number of anilines is 1. The smallest absolute Gasteiger partial charge is 0.254 e. The maximum absolute atomic E-state index is 8.97. The predicted molar refractivity (Wildman–Crippen MR) is 92.0 cm³/mol. The molecule has 0 spiro atoms. The minimum Gasteiger partial charge on any atom is -0.375 e. The number of hydrogen-bond donors (Lipinski definition) is 0. The molecule has 126 valence electrons. The number of nitrogens with zero attached hydrogens (tertiary/aromatic N) is 6. The molecule has 3 heterocycles. The molecular weight excluding hydrogens is 316 g/mol. The molecule has 0 unspecified atom stereocenters. The van der Waals surface area contributed by atoms with Crippen LogP contribution in [0.25, 0.3) is 5.78 Å². The molecule has 0 aliphatic carbocycles. The number of aromatic nitrogens is 4. The third-order valence-corrected chi connectivity index (χ3v) is 4.47. The van der Waals surface area contributed by atoms with Crippen molar-refractivity contribution in [2.24, 2.45) is 0 Å². The zero-order valence-electron chi connectivity index (χ0n) is 13.7. The number of hydrogen-bond acceptors (Lipinski definition) is 6. The fourth-order valence-corrected chi connectivity index (χ4v) is 3.30. The molecule has 0 bridgehead atoms. The summed E-state index contributed by atoms with van der Waals surface area (Å²) in [7, 11) is 0. The lowest BCUT2D eigenvalue weighted by Gasteiger charge is -2.26. The highest BCUT2D eigenvalue weighted by Gasteiger charge is 2.27. The predicted octanol–water partition coefficient (Wildman–Crippen LogP) is 2.18. The van der Waals surface area contributed by atoms with Crippen molar-refractivity contribution in [3.63, 3.8) is 0 Å². The summed E-state index contributed by atoms with van der Waals surface area (Å²) < 4.78 is 7.71. The van der Waals surface area contributed by atoms with Crippen LogP contribution in [-0.2, 0) is 11.3 Å². The average Bonchev–Trinajstić information content (AvgIpc) is 3.31. The Balaban J connectivity index is 1.43. The van der Waals surface area contributed by atoms with Crippen LogP contribution in [0.15, 0.2) is 42.9 Å². The van der Waals surface area contributed by atoms with E-state index in [9.17, 15) is 0 Å². The first kappa shape index (κ1) is 15.5. The van der Waals surface area contributed by atoms with Crippen LogP contribution in [0.1, 0.15) is 24.0 Å². The first-order valence-corrected chi connectivity index (χ1v) is 8.33. The molecule has 2 aromatic heterocycles. The van der Waals surface area contributed by atoms with Crippen LogP contribution in [0.4, 0.5) is 5.82 Å². The third-order valence-electron chi connectivity index (χ3n) is 4.47. The average molecular weight is 334 g/mol. The second kappa shape index (κ2) is 6.87. The fraction of sp³-hybridized carbons (Fsp3) is 0.333. The molecule has 7 heteroatoms. The van der Waals surface area contributed by atoms with Crippen molar-refractivity contribution in [1.29, 1.82) is 5.26 Å². The summed E-state index contributed by atoms with van der Waals surface area (Å²) in [6.45, 7) is 2.11. The highest BCUT2D eigenvalue weighted by Crippen LogP contribution is 2.25. The van der Waals surface area contributed by atoms with Crippen molar-refractivity contribution < 1.29 is 4.74 Å². The fourth-order valence-electron chi connectivity index (χ4n) is 3.30. The van der Waals surface area contributed by atoms with Gasteiger partial charge in [-0.2, -0.15) is 19.9 Å². The van der Waals surface area contributed by atoms with Crippen LogP contribution in [0.2, 0.25) is 0 Å². The van der Waals surface area contributed by atoms with Gasteiger partial charge in [-0.3, -0.25) is 0 Å². The summed E-state index contributed by atoms with van der Waals surface area (Å²) in [6, 6.07) is 12.0. The topological polar surface area (TPSA) is 79.3 Å². The van der Waals surface area contributed by atoms with Gasteiger partial charge in [-0.25, -0.2) is 4.98 Å². The van der Waals surface area contributed by atoms with Gasteiger partial charge >= 0.3 is 0 Å². The van der Waals surface area contributed by atoms with Crippen LogP contribution in [-0.4, -0.2) is 38.8 Å². The molecule has 7 nitrogen and oxygen atoms in total. The maximum atomic E-state index is 8.97. The van der Waals surface area contributed by atoms with Gasteiger partial charge in [0.1, 0.15) is 12.1 Å². The maximum Gasteiger partial charge on any atom is 0.254 e. The Bertz CT molecular complexity index is 915. The van der Waals surface area contributed by atoms with Gasteiger partial charge in [0, 0.05) is 12.7 Å². The van der Waals surface area contributed by atoms with Crippen molar-refractivity contribution in [2.45, 2.75) is 25.5 Å². The molecule has 0 saturated carbocycles. The molecule has 4 rings (SSSR count). The van der Waals surface area contributed by atoms with Gasteiger partial charge in [0.2, 0.25) is 0 Å². The molecule has 1 aliphatic heterocycles. The Morgan fingerprint density at radius 2 is 2.24 bits per heavy atom. The summed E-state index contributed by atoms with van der Waals surface area (Å²) >= 11 is 0. The first-order chi connectivity index (χ1) is 12.3.